The van der Waals surface area contributed by atoms with Gasteiger partial charge in [-0.05, 0) is 67.1 Å². The second kappa shape index (κ2) is 13.8. The summed E-state index contributed by atoms with van der Waals surface area (Å²) in [6.07, 6.45) is 6.06. The quantitative estimate of drug-likeness (QED) is 0.167. The molecule has 1 aromatic heterocycles. The van der Waals surface area contributed by atoms with Crippen LogP contribution in [0.5, 0.6) is 0 Å². The van der Waals surface area contributed by atoms with Crippen molar-refractivity contribution in [1.29, 1.82) is 0 Å². The van der Waals surface area contributed by atoms with Crippen molar-refractivity contribution in [2.75, 3.05) is 26.2 Å². The lowest BCUT2D eigenvalue weighted by molar-refractivity contribution is 0.0588. The third kappa shape index (κ3) is 6.93. The Balaban J connectivity index is 1.09. The Bertz CT molecular complexity index is 1730. The third-order valence-electron chi connectivity index (χ3n) is 9.18. The maximum absolute atomic E-state index is 13.6. The first-order valence-electron chi connectivity index (χ1n) is 15.5. The highest BCUT2D eigenvalue weighted by Crippen LogP contribution is 2.31. The molecule has 0 aliphatic carbocycles. The fourth-order valence-corrected chi connectivity index (χ4v) is 7.47. The van der Waals surface area contributed by atoms with Gasteiger partial charge in [0.2, 0.25) is 0 Å². The fraction of sp³-hybridized carbons (Fsp3) is 0.371. The smallest absolute Gasteiger partial charge is 0.253 e. The Morgan fingerprint density at radius 2 is 1.71 bits per heavy atom. The van der Waals surface area contributed by atoms with Gasteiger partial charge in [-0.25, -0.2) is 4.39 Å². The van der Waals surface area contributed by atoms with E-state index in [0.717, 1.165) is 68.3 Å². The molecule has 0 spiro atoms. The number of halogens is 4. The van der Waals surface area contributed by atoms with Crippen LogP contribution in [-0.4, -0.2) is 64.3 Å². The van der Waals surface area contributed by atoms with E-state index in [1.54, 1.807) is 12.1 Å². The number of carbonyl (C=O) groups is 2. The first kappa shape index (κ1) is 32.0. The zero-order chi connectivity index (χ0) is 31.7. The second-order valence-electron chi connectivity index (χ2n) is 12.1. The van der Waals surface area contributed by atoms with Crippen molar-refractivity contribution in [3.8, 4) is 0 Å². The number of aromatic nitrogens is 1. The number of carbonyl (C=O) groups excluding carboxylic acids is 2. The largest absolute Gasteiger partial charge is 0.348 e. The van der Waals surface area contributed by atoms with Crippen LogP contribution in [0.4, 0.5) is 4.39 Å². The minimum Gasteiger partial charge on any atom is -0.348 e. The maximum Gasteiger partial charge on any atom is 0.253 e. The fourth-order valence-electron chi connectivity index (χ4n) is 6.97. The molecule has 10 heteroatoms. The number of Topliss-reactive ketones (excluding diaryl/α,β-unsaturated/α-hetero) is 1. The minimum absolute atomic E-state index is 0.0247. The molecule has 2 unspecified atom stereocenters. The molecule has 2 bridgehead atoms. The van der Waals surface area contributed by atoms with Crippen LogP contribution < -0.4 is 5.32 Å². The number of para-hydroxylation sites is 1. The lowest BCUT2D eigenvalue weighted by Crippen LogP contribution is -2.54. The molecule has 2 aliphatic rings. The zero-order valence-corrected chi connectivity index (χ0v) is 27.4. The predicted molar refractivity (Wildman–Crippen MR) is 179 cm³/mol. The number of likely N-dealkylation sites (tertiary alicyclic amines) is 1. The molecular formula is C35H36Cl3FN4O2. The van der Waals surface area contributed by atoms with E-state index < -0.39 is 5.82 Å². The molecule has 2 aliphatic heterocycles. The Morgan fingerprint density at radius 3 is 2.42 bits per heavy atom. The highest BCUT2D eigenvalue weighted by molar-refractivity contribution is 6.42. The van der Waals surface area contributed by atoms with Gasteiger partial charge in [0.05, 0.1) is 32.7 Å². The van der Waals surface area contributed by atoms with Gasteiger partial charge in [-0.3, -0.25) is 19.4 Å². The van der Waals surface area contributed by atoms with Gasteiger partial charge in [-0.2, -0.15) is 0 Å². The zero-order valence-electron chi connectivity index (χ0n) is 25.2. The molecule has 6 nitrogen and oxygen atoms in total. The van der Waals surface area contributed by atoms with Crippen molar-refractivity contribution in [3.05, 3.63) is 104 Å². The summed E-state index contributed by atoms with van der Waals surface area (Å²) in [5.41, 5.74) is 4.34. The topological polar surface area (TPSA) is 57.6 Å². The van der Waals surface area contributed by atoms with Crippen molar-refractivity contribution in [2.24, 2.45) is 0 Å². The Kier molecular flexibility index (Phi) is 9.83. The predicted octanol–water partition coefficient (Wildman–Crippen LogP) is 7.65. The van der Waals surface area contributed by atoms with Crippen LogP contribution in [0.1, 0.15) is 58.0 Å². The minimum atomic E-state index is -0.516. The summed E-state index contributed by atoms with van der Waals surface area (Å²) in [4.78, 5) is 31.1. The van der Waals surface area contributed by atoms with Crippen LogP contribution in [0.15, 0.2) is 60.8 Å². The lowest BCUT2D eigenvalue weighted by atomic mass is 10.1. The number of aryl methyl sites for hydroxylation is 2. The number of amides is 1. The van der Waals surface area contributed by atoms with Gasteiger partial charge in [0.15, 0.2) is 5.78 Å². The number of benzene rings is 3. The molecule has 2 fully saturated rings. The molecule has 4 aromatic rings. The summed E-state index contributed by atoms with van der Waals surface area (Å²) in [7, 11) is 0. The Labute approximate surface area is 278 Å². The lowest BCUT2D eigenvalue weighted by Gasteiger charge is -2.41. The van der Waals surface area contributed by atoms with Crippen LogP contribution in [0, 0.1) is 5.82 Å². The average molecular weight is 670 g/mol. The summed E-state index contributed by atoms with van der Waals surface area (Å²) in [5.74, 6) is -0.671. The average Bonchev–Trinajstić information content (AvgIpc) is 3.52. The number of piperazine rings is 1. The van der Waals surface area contributed by atoms with Crippen molar-refractivity contribution in [2.45, 2.75) is 57.8 Å². The molecule has 0 radical (unpaired) electrons. The molecule has 1 amide bonds. The van der Waals surface area contributed by atoms with E-state index in [9.17, 15) is 14.0 Å². The van der Waals surface area contributed by atoms with Gasteiger partial charge in [-0.15, -0.1) is 0 Å². The summed E-state index contributed by atoms with van der Waals surface area (Å²) >= 11 is 18.1. The monoisotopic (exact) mass is 668 g/mol. The van der Waals surface area contributed by atoms with Crippen molar-refractivity contribution in [1.82, 2.24) is 19.7 Å². The number of nitrogens with zero attached hydrogens (tertiary/aromatic N) is 3. The van der Waals surface area contributed by atoms with Crippen LogP contribution >= 0.6 is 34.8 Å². The van der Waals surface area contributed by atoms with Crippen molar-refractivity contribution >= 4 is 57.4 Å². The van der Waals surface area contributed by atoms with Crippen LogP contribution in [0.2, 0.25) is 15.1 Å². The molecule has 2 atom stereocenters. The molecule has 45 heavy (non-hydrogen) atoms. The normalized spacial score (nSPS) is 18.5. The van der Waals surface area contributed by atoms with Gasteiger partial charge < -0.3 is 9.88 Å². The molecule has 236 valence electrons. The Hall–Kier alpha value is -2.94. The first-order chi connectivity index (χ1) is 21.7. The van der Waals surface area contributed by atoms with Gasteiger partial charge in [-0.1, -0.05) is 66.0 Å². The molecule has 3 aromatic carbocycles. The summed E-state index contributed by atoms with van der Waals surface area (Å²) < 4.78 is 15.8. The molecule has 2 saturated heterocycles. The molecule has 3 heterocycles. The van der Waals surface area contributed by atoms with Crippen LogP contribution in [0.25, 0.3) is 10.9 Å². The van der Waals surface area contributed by atoms with Crippen LogP contribution in [-0.2, 0) is 19.5 Å². The van der Waals surface area contributed by atoms with Gasteiger partial charge >= 0.3 is 0 Å². The third-order valence-corrected chi connectivity index (χ3v) is 10.2. The Morgan fingerprint density at radius 1 is 0.933 bits per heavy atom. The number of hydrogen-bond donors (Lipinski definition) is 1. The number of rotatable bonds is 11. The standard InChI is InChI=1S/C35H36Cl3FN4O2/c1-2-23-5-3-6-27-28(35(45)40-17-22-7-11-29(36)30(37)15-22)20-42(34(23)27)13-4-14-43-25-9-10-26(43)19-41(18-25)21-33(44)24-8-12-32(39)31(38)16-24/h3,5-8,11-12,15-16,20,25-26H,2,4,9-10,13-14,17-19,21H2,1H3,(H,40,45). The van der Waals surface area contributed by atoms with Gasteiger partial charge in [0.25, 0.3) is 5.91 Å². The highest BCUT2D eigenvalue weighted by atomic mass is 35.5. The van der Waals surface area contributed by atoms with E-state index in [0.29, 0.717) is 46.3 Å². The number of fused-ring (bicyclic) bond motifs is 3. The van der Waals surface area contributed by atoms with Crippen molar-refractivity contribution in [3.63, 3.8) is 0 Å². The molecule has 1 N–H and O–H groups in total. The summed E-state index contributed by atoms with van der Waals surface area (Å²) in [6.45, 7) is 6.25. The van der Waals surface area contributed by atoms with Gasteiger partial charge in [0.1, 0.15) is 5.82 Å². The van der Waals surface area contributed by atoms with E-state index in [1.165, 1.54) is 23.8 Å². The molecule has 6 rings (SSSR count). The summed E-state index contributed by atoms with van der Waals surface area (Å²) in [6, 6.07) is 16.5. The van der Waals surface area contributed by atoms with E-state index in [2.05, 4.69) is 32.7 Å². The highest BCUT2D eigenvalue weighted by Gasteiger charge is 2.39. The van der Waals surface area contributed by atoms with E-state index >= 15 is 0 Å². The van der Waals surface area contributed by atoms with Gasteiger partial charge in [0, 0.05) is 62.0 Å². The summed E-state index contributed by atoms with van der Waals surface area (Å²) in [5, 5.41) is 4.94. The number of nitrogens with one attached hydrogen (secondary N) is 1. The number of ketones is 1. The van der Waals surface area contributed by atoms with E-state index in [4.69, 9.17) is 34.8 Å². The number of hydrogen-bond acceptors (Lipinski definition) is 4. The van der Waals surface area contributed by atoms with Crippen molar-refractivity contribution < 1.29 is 14.0 Å². The maximum atomic E-state index is 13.6. The SMILES string of the molecule is CCc1cccc2c(C(=O)NCc3ccc(Cl)c(Cl)c3)cn(CCCN3C4CCC3CN(CC(=O)c3ccc(F)c(Cl)c3)C4)c12. The van der Waals surface area contributed by atoms with Crippen LogP contribution in [0.3, 0.4) is 0 Å². The van der Waals surface area contributed by atoms with E-state index in [-0.39, 0.29) is 16.7 Å². The van der Waals surface area contributed by atoms with E-state index in [1.807, 2.05) is 24.4 Å². The molecule has 0 saturated carbocycles. The molecular weight excluding hydrogens is 634 g/mol. The first-order valence-corrected chi connectivity index (χ1v) is 16.6. The second-order valence-corrected chi connectivity index (χ2v) is 13.3.